The molecule has 3 aromatic rings. The highest BCUT2D eigenvalue weighted by atomic mass is 19.4. The second-order valence-corrected chi connectivity index (χ2v) is 6.21. The van der Waals surface area contributed by atoms with E-state index in [9.17, 15) is 27.2 Å². The number of amides is 2. The van der Waals surface area contributed by atoms with Crippen molar-refractivity contribution in [3.05, 3.63) is 90.0 Å². The fourth-order valence-electron chi connectivity index (χ4n) is 2.61. The molecular weight excluding hydrogens is 402 g/mol. The first-order valence-corrected chi connectivity index (χ1v) is 8.69. The summed E-state index contributed by atoms with van der Waals surface area (Å²) in [5.74, 6) is -1.74. The molecule has 5 nitrogen and oxygen atoms in total. The molecule has 1 N–H and O–H groups in total. The van der Waals surface area contributed by atoms with E-state index in [1.54, 1.807) is 30.3 Å². The number of rotatable bonds is 5. The fourth-order valence-corrected chi connectivity index (χ4v) is 2.61. The predicted molar refractivity (Wildman–Crippen MR) is 102 cm³/mol. The molecule has 30 heavy (non-hydrogen) atoms. The third-order valence-corrected chi connectivity index (χ3v) is 4.04. The second-order valence-electron chi connectivity index (χ2n) is 6.21. The molecule has 0 atom stereocenters. The van der Waals surface area contributed by atoms with E-state index >= 15 is 0 Å². The van der Waals surface area contributed by atoms with Crippen molar-refractivity contribution in [2.45, 2.75) is 6.18 Å². The number of carbonyl (C=O) groups excluding carboxylic acids is 2. The number of halogens is 4. The summed E-state index contributed by atoms with van der Waals surface area (Å²) in [5, 5.41) is 2.54. The van der Waals surface area contributed by atoms with Crippen LogP contribution in [0.15, 0.2) is 72.9 Å². The Hall–Kier alpha value is -3.75. The van der Waals surface area contributed by atoms with E-state index in [2.05, 4.69) is 10.3 Å². The molecular formula is C21H15F4N3O2. The van der Waals surface area contributed by atoms with Crippen molar-refractivity contribution in [3.63, 3.8) is 0 Å². The van der Waals surface area contributed by atoms with Crippen molar-refractivity contribution < 1.29 is 27.2 Å². The minimum Gasteiger partial charge on any atom is -0.325 e. The van der Waals surface area contributed by atoms with Crippen LogP contribution in [0.4, 0.5) is 28.9 Å². The zero-order chi connectivity index (χ0) is 21.7. The lowest BCUT2D eigenvalue weighted by Crippen LogP contribution is -2.38. The summed E-state index contributed by atoms with van der Waals surface area (Å²) in [6.45, 7) is -0.415. The first-order valence-electron chi connectivity index (χ1n) is 8.69. The molecule has 3 rings (SSSR count). The maximum atomic E-state index is 13.0. The molecule has 0 aliphatic carbocycles. The van der Waals surface area contributed by atoms with Gasteiger partial charge in [-0.1, -0.05) is 18.2 Å². The molecule has 154 valence electrons. The van der Waals surface area contributed by atoms with Crippen molar-refractivity contribution in [2.75, 3.05) is 16.8 Å². The summed E-state index contributed by atoms with van der Waals surface area (Å²) in [5.41, 5.74) is -0.532. The first-order chi connectivity index (χ1) is 14.2. The molecule has 2 aromatic carbocycles. The van der Waals surface area contributed by atoms with Gasteiger partial charge in [-0.25, -0.2) is 4.39 Å². The highest BCUT2D eigenvalue weighted by molar-refractivity contribution is 6.10. The highest BCUT2D eigenvalue weighted by Crippen LogP contribution is 2.27. The third kappa shape index (κ3) is 5.19. The van der Waals surface area contributed by atoms with Gasteiger partial charge in [0.05, 0.1) is 5.56 Å². The van der Waals surface area contributed by atoms with Crippen LogP contribution in [-0.4, -0.2) is 23.3 Å². The number of para-hydroxylation sites is 1. The number of aromatic nitrogens is 1. The number of nitrogens with zero attached hydrogens (tertiary/aromatic N) is 2. The van der Waals surface area contributed by atoms with Crippen LogP contribution in [0.1, 0.15) is 16.1 Å². The zero-order valence-corrected chi connectivity index (χ0v) is 15.4. The summed E-state index contributed by atoms with van der Waals surface area (Å²) in [6.07, 6.45) is -3.81. The molecule has 0 unspecified atom stereocenters. The lowest BCUT2D eigenvalue weighted by Gasteiger charge is -2.22. The number of hydrogen-bond acceptors (Lipinski definition) is 3. The van der Waals surface area contributed by atoms with Crippen LogP contribution >= 0.6 is 0 Å². The predicted octanol–water partition coefficient (Wildman–Crippen LogP) is 4.53. The lowest BCUT2D eigenvalue weighted by atomic mass is 10.2. The number of alkyl halides is 3. The monoisotopic (exact) mass is 417 g/mol. The van der Waals surface area contributed by atoms with Crippen molar-refractivity contribution >= 4 is 23.2 Å². The maximum absolute atomic E-state index is 13.0. The van der Waals surface area contributed by atoms with Crippen LogP contribution in [0, 0.1) is 5.82 Å². The van der Waals surface area contributed by atoms with E-state index in [1.807, 2.05) is 0 Å². The SMILES string of the molecule is O=C(CN(C(=O)c1ccc(C(F)(F)F)nc1)c1ccccc1)Nc1ccc(F)cc1. The summed E-state index contributed by atoms with van der Waals surface area (Å²) in [4.78, 5) is 29.8. The molecule has 0 aliphatic heterocycles. The zero-order valence-electron chi connectivity index (χ0n) is 15.4. The number of benzene rings is 2. The van der Waals surface area contributed by atoms with Crippen LogP contribution in [-0.2, 0) is 11.0 Å². The van der Waals surface area contributed by atoms with Gasteiger partial charge in [-0.2, -0.15) is 13.2 Å². The molecule has 0 radical (unpaired) electrons. The highest BCUT2D eigenvalue weighted by Gasteiger charge is 2.32. The Morgan fingerprint density at radius 3 is 2.17 bits per heavy atom. The van der Waals surface area contributed by atoms with Gasteiger partial charge < -0.3 is 5.32 Å². The largest absolute Gasteiger partial charge is 0.433 e. The minimum atomic E-state index is -4.63. The second kappa shape index (κ2) is 8.73. The molecule has 0 fully saturated rings. The van der Waals surface area contributed by atoms with E-state index in [0.717, 1.165) is 17.2 Å². The van der Waals surface area contributed by atoms with Gasteiger partial charge in [0.15, 0.2) is 0 Å². The summed E-state index contributed by atoms with van der Waals surface area (Å²) < 4.78 is 51.2. The molecule has 0 saturated carbocycles. The van der Waals surface area contributed by atoms with Gasteiger partial charge >= 0.3 is 6.18 Å². The topological polar surface area (TPSA) is 62.3 Å². The van der Waals surface area contributed by atoms with Gasteiger partial charge in [-0.05, 0) is 48.5 Å². The number of carbonyl (C=O) groups is 2. The number of hydrogen-bond donors (Lipinski definition) is 1. The Bertz CT molecular complexity index is 1020. The lowest BCUT2D eigenvalue weighted by molar-refractivity contribution is -0.141. The number of pyridine rings is 1. The Kier molecular flexibility index (Phi) is 6.10. The fraction of sp³-hybridized carbons (Fsp3) is 0.0952. The van der Waals surface area contributed by atoms with Crippen LogP contribution in [0.2, 0.25) is 0 Å². The third-order valence-electron chi connectivity index (χ3n) is 4.04. The molecule has 0 saturated heterocycles. The average molecular weight is 417 g/mol. The summed E-state index contributed by atoms with van der Waals surface area (Å²) >= 11 is 0. The molecule has 9 heteroatoms. The van der Waals surface area contributed by atoms with E-state index < -0.39 is 36.0 Å². The van der Waals surface area contributed by atoms with E-state index in [1.165, 1.54) is 24.3 Å². The van der Waals surface area contributed by atoms with Crippen molar-refractivity contribution in [2.24, 2.45) is 0 Å². The van der Waals surface area contributed by atoms with E-state index in [4.69, 9.17) is 0 Å². The maximum Gasteiger partial charge on any atom is 0.433 e. The van der Waals surface area contributed by atoms with Gasteiger partial charge in [0.25, 0.3) is 5.91 Å². The smallest absolute Gasteiger partial charge is 0.325 e. The Morgan fingerprint density at radius 1 is 0.933 bits per heavy atom. The Morgan fingerprint density at radius 2 is 1.60 bits per heavy atom. The molecule has 1 aromatic heterocycles. The average Bonchev–Trinajstić information content (AvgIpc) is 2.73. The Balaban J connectivity index is 1.83. The molecule has 0 aliphatic rings. The van der Waals surface area contributed by atoms with Crippen molar-refractivity contribution in [1.82, 2.24) is 4.98 Å². The van der Waals surface area contributed by atoms with Gasteiger partial charge in [-0.15, -0.1) is 0 Å². The van der Waals surface area contributed by atoms with Gasteiger partial charge in [0, 0.05) is 17.6 Å². The molecule has 1 heterocycles. The van der Waals surface area contributed by atoms with E-state index in [-0.39, 0.29) is 5.56 Å². The number of nitrogens with one attached hydrogen (secondary N) is 1. The summed E-state index contributed by atoms with van der Waals surface area (Å²) in [7, 11) is 0. The van der Waals surface area contributed by atoms with Crippen molar-refractivity contribution in [1.29, 1.82) is 0 Å². The van der Waals surface area contributed by atoms with Gasteiger partial charge in [-0.3, -0.25) is 19.5 Å². The van der Waals surface area contributed by atoms with Crippen molar-refractivity contribution in [3.8, 4) is 0 Å². The van der Waals surface area contributed by atoms with Gasteiger partial charge in [0.1, 0.15) is 18.1 Å². The van der Waals surface area contributed by atoms with Crippen LogP contribution in [0.5, 0.6) is 0 Å². The first kappa shape index (κ1) is 21.0. The Labute approximate surface area is 169 Å². The van der Waals surface area contributed by atoms with E-state index in [0.29, 0.717) is 17.4 Å². The number of anilines is 2. The minimum absolute atomic E-state index is 0.110. The van der Waals surface area contributed by atoms with Crippen LogP contribution in [0.25, 0.3) is 0 Å². The molecule has 0 spiro atoms. The molecule has 0 bridgehead atoms. The molecule has 2 amide bonds. The van der Waals surface area contributed by atoms with Crippen LogP contribution < -0.4 is 10.2 Å². The van der Waals surface area contributed by atoms with Crippen LogP contribution in [0.3, 0.4) is 0 Å². The van der Waals surface area contributed by atoms with Gasteiger partial charge in [0.2, 0.25) is 5.91 Å². The quantitative estimate of drug-likeness (QED) is 0.621. The summed E-state index contributed by atoms with van der Waals surface area (Å²) in [6, 6.07) is 15.0. The standard InChI is InChI=1S/C21H15F4N3O2/c22-15-7-9-16(10-8-15)27-19(29)13-28(17-4-2-1-3-5-17)20(30)14-6-11-18(26-12-14)21(23,24)25/h1-12H,13H2,(H,27,29). The normalized spacial score (nSPS) is 11.1.